The first-order valence-electron chi connectivity index (χ1n) is 21.1. The van der Waals surface area contributed by atoms with E-state index in [-0.39, 0.29) is 62.8 Å². The van der Waals surface area contributed by atoms with Crippen molar-refractivity contribution in [1.82, 2.24) is 31.1 Å². The maximum Gasteiger partial charge on any atom is 0.326 e. The third-order valence-electron chi connectivity index (χ3n) is 10.6. The maximum atomic E-state index is 14.3. The Bertz CT molecular complexity index is 1680. The third-order valence-corrected chi connectivity index (χ3v) is 10.6. The molecule has 0 aliphatic carbocycles. The lowest BCUT2D eigenvalue weighted by Crippen LogP contribution is -2.60. The van der Waals surface area contributed by atoms with Gasteiger partial charge in [-0.2, -0.15) is 0 Å². The van der Waals surface area contributed by atoms with E-state index < -0.39 is 77.7 Å². The predicted octanol–water partition coefficient (Wildman–Crippen LogP) is 1.90. The zero-order valence-corrected chi connectivity index (χ0v) is 36.5. The van der Waals surface area contributed by atoms with Crippen molar-refractivity contribution in [1.29, 1.82) is 0 Å². The summed E-state index contributed by atoms with van der Waals surface area (Å²) >= 11 is 0. The van der Waals surface area contributed by atoms with Gasteiger partial charge in [0.25, 0.3) is 0 Å². The molecule has 0 saturated carbocycles. The maximum absolute atomic E-state index is 14.3. The first-order chi connectivity index (χ1) is 28.9. The summed E-state index contributed by atoms with van der Waals surface area (Å²) in [5, 5.41) is 34.2. The van der Waals surface area contributed by atoms with E-state index >= 15 is 0 Å². The van der Waals surface area contributed by atoms with Gasteiger partial charge in [0.1, 0.15) is 42.0 Å². The highest BCUT2D eigenvalue weighted by atomic mass is 16.4. The van der Waals surface area contributed by atoms with Crippen LogP contribution in [0, 0.1) is 11.8 Å². The molecule has 1 aromatic carbocycles. The molecule has 0 aromatic heterocycles. The molecule has 0 spiro atoms. The molecule has 61 heavy (non-hydrogen) atoms. The van der Waals surface area contributed by atoms with Gasteiger partial charge in [0, 0.05) is 24.4 Å². The number of likely N-dealkylation sites (tertiary alicyclic amines) is 1. The highest BCUT2D eigenvalue weighted by Crippen LogP contribution is 2.22. The van der Waals surface area contributed by atoms with Crippen molar-refractivity contribution in [2.75, 3.05) is 33.7 Å². The fraction of sp³-hybridized carbons (Fsp3) is 0.683. The molecular weight excluding hydrogens is 789 g/mol. The summed E-state index contributed by atoms with van der Waals surface area (Å²) in [7, 11) is 3.92. The molecule has 10 N–H and O–H groups in total. The number of phenols is 1. The normalized spacial score (nSPS) is 16.6. The number of carbonyl (C=O) groups is 6. The van der Waals surface area contributed by atoms with E-state index in [1.54, 1.807) is 19.1 Å². The average molecular weight is 857 g/mol. The van der Waals surface area contributed by atoms with Crippen molar-refractivity contribution in [3.8, 4) is 5.75 Å². The molecule has 1 fully saturated rings. The van der Waals surface area contributed by atoms with Crippen molar-refractivity contribution < 1.29 is 39.0 Å². The minimum Gasteiger partial charge on any atom is -0.508 e. The zero-order chi connectivity index (χ0) is 45.6. The first-order valence-corrected chi connectivity index (χ1v) is 21.1. The second kappa shape index (κ2) is 26.6. The highest BCUT2D eigenvalue weighted by Gasteiger charge is 2.40. The Morgan fingerprint density at radius 3 is 2.16 bits per heavy atom. The van der Waals surface area contributed by atoms with Gasteiger partial charge in [-0.25, -0.2) is 4.79 Å². The van der Waals surface area contributed by atoms with Crippen LogP contribution in [0.1, 0.15) is 97.5 Å². The fourth-order valence-corrected chi connectivity index (χ4v) is 7.03. The van der Waals surface area contributed by atoms with Gasteiger partial charge in [-0.05, 0) is 101 Å². The molecule has 1 saturated heterocycles. The quantitative estimate of drug-likeness (QED) is 0.0158. The van der Waals surface area contributed by atoms with Crippen LogP contribution in [0.25, 0.3) is 10.4 Å². The molecule has 0 bridgehead atoms. The lowest BCUT2D eigenvalue weighted by Gasteiger charge is -2.31. The number of nitrogens with two attached hydrogens (primary N) is 2. The van der Waals surface area contributed by atoms with Crippen LogP contribution in [0.15, 0.2) is 34.4 Å². The molecule has 2 rings (SSSR count). The van der Waals surface area contributed by atoms with Gasteiger partial charge in [-0.3, -0.25) is 29.0 Å². The molecule has 340 valence electrons. The summed E-state index contributed by atoms with van der Waals surface area (Å²) in [6, 6.07) is -0.808. The molecule has 1 aromatic rings. The molecule has 0 radical (unpaired) electrons. The van der Waals surface area contributed by atoms with Crippen molar-refractivity contribution in [3.05, 3.63) is 40.3 Å². The van der Waals surface area contributed by atoms with Crippen LogP contribution in [0.3, 0.4) is 0 Å². The number of hydrogen-bond acceptors (Lipinski definition) is 10. The van der Waals surface area contributed by atoms with E-state index in [0.717, 1.165) is 19.4 Å². The van der Waals surface area contributed by atoms with E-state index in [9.17, 15) is 44.5 Å². The second-order valence-corrected chi connectivity index (χ2v) is 16.4. The molecule has 1 aliphatic heterocycles. The first kappa shape index (κ1) is 51.5. The van der Waals surface area contributed by atoms with Gasteiger partial charge in [0.05, 0.1) is 0 Å². The number of guanidine groups is 1. The summed E-state index contributed by atoms with van der Waals surface area (Å²) in [6.07, 6.45) is 4.23. The summed E-state index contributed by atoms with van der Waals surface area (Å²) in [5.41, 5.74) is 20.8. The smallest absolute Gasteiger partial charge is 0.326 e. The van der Waals surface area contributed by atoms with Gasteiger partial charge in [-0.15, -0.1) is 0 Å². The summed E-state index contributed by atoms with van der Waals surface area (Å²) in [5.74, 6) is -5.05. The number of azide groups is 1. The monoisotopic (exact) mass is 857 g/mol. The van der Waals surface area contributed by atoms with Crippen LogP contribution in [0.4, 0.5) is 0 Å². The zero-order valence-electron chi connectivity index (χ0n) is 36.5. The molecule has 7 atom stereocenters. The number of rotatable bonds is 27. The number of nitrogens with one attached hydrogen (secondary N) is 4. The SMILES string of the molecule is CC[C@H](C)[C@H](NC(=O)[C@H](Cc1ccc(O)cc1)NC(=O)[C@@H]1CCCN1C(=O)[C@H](CCCN=C(N)N)NC(=O)[C@H](CCCCCN(C)C)N=[N+]=[N-])C(=O)N[C@@H](CC(C)C)C(=O)O. The average Bonchev–Trinajstić information content (AvgIpc) is 3.70. The van der Waals surface area contributed by atoms with E-state index in [1.807, 2.05) is 39.8 Å². The Hall–Kier alpha value is -5.62. The van der Waals surface area contributed by atoms with Crippen LogP contribution in [-0.2, 0) is 35.2 Å². The van der Waals surface area contributed by atoms with Crippen molar-refractivity contribution in [2.24, 2.45) is 33.4 Å². The molecule has 0 unspecified atom stereocenters. The molecule has 5 amide bonds. The minimum absolute atomic E-state index is 0.0116. The van der Waals surface area contributed by atoms with Gasteiger partial charge in [0.2, 0.25) is 29.5 Å². The number of amides is 5. The van der Waals surface area contributed by atoms with E-state index in [0.29, 0.717) is 31.2 Å². The highest BCUT2D eigenvalue weighted by molar-refractivity contribution is 5.97. The number of carboxylic acids is 1. The third kappa shape index (κ3) is 18.3. The van der Waals surface area contributed by atoms with Crippen molar-refractivity contribution in [3.63, 3.8) is 0 Å². The standard InChI is InChI=1S/C41H68N12O8/c1-7-26(4)34(38(58)48-32(40(60)61)23-25(2)3)49-36(56)31(24-27-16-18-28(54)19-17-27)47-37(57)33-15-12-22-53(33)39(59)30(14-11-20-45-41(42)43)46-35(55)29(50-51-44)13-9-8-10-21-52(5)6/h16-19,25-26,29-34,54H,7-15,20-24H2,1-6H3,(H,46,55)(H,47,57)(H,48,58)(H,49,56)(H,60,61)(H4,42,43,45)/t26-,29-,30-,31-,32-,33-,34-/m0/s1. The van der Waals surface area contributed by atoms with Gasteiger partial charge >= 0.3 is 5.97 Å². The fourth-order valence-electron chi connectivity index (χ4n) is 7.03. The number of carboxylic acid groups (broad SMARTS) is 1. The van der Waals surface area contributed by atoms with Gasteiger partial charge < -0.3 is 52.7 Å². The molecule has 20 heteroatoms. The molecule has 1 heterocycles. The van der Waals surface area contributed by atoms with E-state index in [4.69, 9.17) is 11.5 Å². The number of aromatic hydroxyl groups is 1. The topological polar surface area (TPSA) is 311 Å². The molecular formula is C41H68N12O8. The Labute approximate surface area is 358 Å². The summed E-state index contributed by atoms with van der Waals surface area (Å²) in [4.78, 5) is 91.9. The number of unbranched alkanes of at least 4 members (excludes halogenated alkanes) is 2. The number of benzene rings is 1. The summed E-state index contributed by atoms with van der Waals surface area (Å²) < 4.78 is 0. The largest absolute Gasteiger partial charge is 0.508 e. The summed E-state index contributed by atoms with van der Waals surface area (Å²) in [6.45, 7) is 8.42. The minimum atomic E-state index is -1.27. The van der Waals surface area contributed by atoms with E-state index in [1.165, 1.54) is 17.0 Å². The number of nitrogens with zero attached hydrogens (tertiary/aromatic N) is 6. The molecule has 1 aliphatic rings. The number of carbonyl (C=O) groups excluding carboxylic acids is 5. The second-order valence-electron chi connectivity index (χ2n) is 16.4. The number of aliphatic imine (C=N–C) groups is 1. The van der Waals surface area contributed by atoms with Crippen LogP contribution < -0.4 is 32.7 Å². The number of phenolic OH excluding ortho intramolecular Hbond substituents is 1. The Kier molecular flexibility index (Phi) is 22.4. The number of aliphatic carboxylic acids is 1. The predicted molar refractivity (Wildman–Crippen MR) is 231 cm³/mol. The van der Waals surface area contributed by atoms with Crippen LogP contribution in [0.5, 0.6) is 5.75 Å². The van der Waals surface area contributed by atoms with Crippen LogP contribution in [-0.4, -0.2) is 131 Å². The van der Waals surface area contributed by atoms with Crippen molar-refractivity contribution in [2.45, 2.75) is 135 Å². The van der Waals surface area contributed by atoms with E-state index in [2.05, 4.69) is 36.3 Å². The lowest BCUT2D eigenvalue weighted by molar-refractivity contribution is -0.143. The van der Waals surface area contributed by atoms with Crippen LogP contribution >= 0.6 is 0 Å². The van der Waals surface area contributed by atoms with Crippen LogP contribution in [0.2, 0.25) is 0 Å². The van der Waals surface area contributed by atoms with Gasteiger partial charge in [0.15, 0.2) is 5.96 Å². The van der Waals surface area contributed by atoms with Gasteiger partial charge in [-0.1, -0.05) is 64.2 Å². The Balaban J connectivity index is 2.38. The molecule has 20 nitrogen and oxygen atoms in total. The lowest BCUT2D eigenvalue weighted by atomic mass is 9.96. The Morgan fingerprint density at radius 1 is 0.902 bits per heavy atom. The Morgan fingerprint density at radius 2 is 1.57 bits per heavy atom. The van der Waals surface area contributed by atoms with Crippen molar-refractivity contribution >= 4 is 41.5 Å². The number of hydrogen-bond donors (Lipinski definition) is 8.